The average Bonchev–Trinajstić information content (AvgIpc) is 2.18. The third-order valence-corrected chi connectivity index (χ3v) is 2.09. The number of rotatable bonds is 4. The van der Waals surface area contributed by atoms with Crippen molar-refractivity contribution in [1.82, 2.24) is 0 Å². The van der Waals surface area contributed by atoms with E-state index in [1.54, 1.807) is 19.3 Å². The summed E-state index contributed by atoms with van der Waals surface area (Å²) in [5.74, 6) is -0.0428. The molecule has 1 aliphatic rings. The zero-order chi connectivity index (χ0) is 9.73. The SMILES string of the molecule is COC1(CCC=O)C=CC(=O)C=C1. The molecule has 0 spiro atoms. The largest absolute Gasteiger partial charge is 0.370 e. The van der Waals surface area contributed by atoms with Gasteiger partial charge in [0.15, 0.2) is 5.78 Å². The van der Waals surface area contributed by atoms with Crippen LogP contribution in [0.2, 0.25) is 0 Å². The lowest BCUT2D eigenvalue weighted by atomic mass is 9.92. The van der Waals surface area contributed by atoms with E-state index in [0.29, 0.717) is 12.8 Å². The van der Waals surface area contributed by atoms with Crippen LogP contribution in [0.1, 0.15) is 12.8 Å². The van der Waals surface area contributed by atoms with E-state index in [9.17, 15) is 9.59 Å². The van der Waals surface area contributed by atoms with E-state index < -0.39 is 5.60 Å². The first-order valence-corrected chi connectivity index (χ1v) is 4.14. The molecule has 1 aliphatic carbocycles. The lowest BCUT2D eigenvalue weighted by molar-refractivity contribution is -0.110. The molecule has 0 unspecified atom stereocenters. The third-order valence-electron chi connectivity index (χ3n) is 2.09. The van der Waals surface area contributed by atoms with Gasteiger partial charge in [-0.1, -0.05) is 0 Å². The smallest absolute Gasteiger partial charge is 0.178 e. The Bertz CT molecular complexity index is 247. The highest BCUT2D eigenvalue weighted by Crippen LogP contribution is 2.23. The first kappa shape index (κ1) is 9.86. The van der Waals surface area contributed by atoms with Gasteiger partial charge in [0.05, 0.1) is 0 Å². The van der Waals surface area contributed by atoms with Crippen molar-refractivity contribution >= 4 is 12.1 Å². The molecule has 3 heteroatoms. The average molecular weight is 180 g/mol. The number of allylic oxidation sites excluding steroid dienone is 2. The molecule has 1 rings (SSSR count). The molecule has 0 heterocycles. The summed E-state index contributed by atoms with van der Waals surface area (Å²) in [5, 5.41) is 0. The summed E-state index contributed by atoms with van der Waals surface area (Å²) >= 11 is 0. The summed E-state index contributed by atoms with van der Waals surface area (Å²) in [4.78, 5) is 21.0. The zero-order valence-electron chi connectivity index (χ0n) is 7.53. The van der Waals surface area contributed by atoms with Gasteiger partial charge >= 0.3 is 0 Å². The molecule has 0 aliphatic heterocycles. The van der Waals surface area contributed by atoms with Crippen LogP contribution in [0, 0.1) is 0 Å². The molecule has 0 radical (unpaired) electrons. The van der Waals surface area contributed by atoms with Crippen LogP contribution in [-0.2, 0) is 14.3 Å². The van der Waals surface area contributed by atoms with Crippen molar-refractivity contribution < 1.29 is 14.3 Å². The molecule has 0 amide bonds. The predicted molar refractivity (Wildman–Crippen MR) is 48.3 cm³/mol. The number of carbonyl (C=O) groups is 2. The van der Waals surface area contributed by atoms with Crippen LogP contribution in [0.3, 0.4) is 0 Å². The van der Waals surface area contributed by atoms with Gasteiger partial charge in [-0.3, -0.25) is 4.79 Å². The van der Waals surface area contributed by atoms with Gasteiger partial charge in [-0.25, -0.2) is 0 Å². The van der Waals surface area contributed by atoms with Crippen molar-refractivity contribution in [3.8, 4) is 0 Å². The van der Waals surface area contributed by atoms with Crippen molar-refractivity contribution in [3.63, 3.8) is 0 Å². The molecule has 0 aromatic carbocycles. The monoisotopic (exact) mass is 180 g/mol. The molecule has 0 bridgehead atoms. The first-order chi connectivity index (χ1) is 6.22. The molecule has 0 saturated carbocycles. The Balaban J connectivity index is 2.71. The number of methoxy groups -OCH3 is 1. The highest BCUT2D eigenvalue weighted by molar-refractivity contribution is 6.00. The Morgan fingerprint density at radius 1 is 1.46 bits per heavy atom. The number of ketones is 1. The van der Waals surface area contributed by atoms with Crippen LogP contribution in [0.15, 0.2) is 24.3 Å². The van der Waals surface area contributed by atoms with Crippen molar-refractivity contribution in [1.29, 1.82) is 0 Å². The van der Waals surface area contributed by atoms with Gasteiger partial charge in [-0.15, -0.1) is 0 Å². The van der Waals surface area contributed by atoms with E-state index in [1.807, 2.05) is 0 Å². The second-order valence-corrected chi connectivity index (χ2v) is 2.93. The quantitative estimate of drug-likeness (QED) is 0.607. The van der Waals surface area contributed by atoms with Crippen LogP contribution in [0.25, 0.3) is 0 Å². The summed E-state index contributed by atoms with van der Waals surface area (Å²) in [7, 11) is 1.56. The Hall–Kier alpha value is -1.22. The van der Waals surface area contributed by atoms with Crippen LogP contribution < -0.4 is 0 Å². The number of hydrogen-bond acceptors (Lipinski definition) is 3. The summed E-state index contributed by atoms with van der Waals surface area (Å²) < 4.78 is 5.24. The molecule has 0 fully saturated rings. The van der Waals surface area contributed by atoms with E-state index in [4.69, 9.17) is 4.74 Å². The molecule has 0 saturated heterocycles. The Kier molecular flexibility index (Phi) is 3.14. The second-order valence-electron chi connectivity index (χ2n) is 2.93. The summed E-state index contributed by atoms with van der Waals surface area (Å²) in [6, 6.07) is 0. The standard InChI is InChI=1S/C10H12O3/c1-13-10(5-2-8-11)6-3-9(12)4-7-10/h3-4,6-8H,2,5H2,1H3. The highest BCUT2D eigenvalue weighted by atomic mass is 16.5. The fourth-order valence-electron chi connectivity index (χ4n) is 1.25. The number of aldehydes is 1. The fraction of sp³-hybridized carbons (Fsp3) is 0.400. The summed E-state index contributed by atoms with van der Waals surface area (Å²) in [6.07, 6.45) is 8.17. The van der Waals surface area contributed by atoms with Gasteiger partial charge < -0.3 is 9.53 Å². The minimum atomic E-state index is -0.561. The third kappa shape index (κ3) is 2.36. The topological polar surface area (TPSA) is 43.4 Å². The van der Waals surface area contributed by atoms with Crippen LogP contribution >= 0.6 is 0 Å². The number of carbonyl (C=O) groups excluding carboxylic acids is 2. The maximum absolute atomic E-state index is 10.8. The molecule has 0 atom stereocenters. The van der Waals surface area contributed by atoms with E-state index >= 15 is 0 Å². The minimum Gasteiger partial charge on any atom is -0.370 e. The van der Waals surface area contributed by atoms with E-state index in [0.717, 1.165) is 6.29 Å². The van der Waals surface area contributed by atoms with Gasteiger partial charge in [-0.05, 0) is 30.7 Å². The Morgan fingerprint density at radius 3 is 2.54 bits per heavy atom. The number of hydrogen-bond donors (Lipinski definition) is 0. The van der Waals surface area contributed by atoms with Crippen molar-refractivity contribution in [2.75, 3.05) is 7.11 Å². The first-order valence-electron chi connectivity index (χ1n) is 4.14. The fourth-order valence-corrected chi connectivity index (χ4v) is 1.25. The van der Waals surface area contributed by atoms with Crippen molar-refractivity contribution in [2.45, 2.75) is 18.4 Å². The van der Waals surface area contributed by atoms with Crippen LogP contribution in [0.5, 0.6) is 0 Å². The molecule has 0 aromatic heterocycles. The normalized spacial score (nSPS) is 19.0. The second kappa shape index (κ2) is 4.14. The molecule has 70 valence electrons. The molecular weight excluding hydrogens is 168 g/mol. The molecule has 0 aromatic rings. The predicted octanol–water partition coefficient (Wildman–Crippen LogP) is 1.05. The van der Waals surface area contributed by atoms with E-state index in [1.165, 1.54) is 12.2 Å². The van der Waals surface area contributed by atoms with E-state index in [-0.39, 0.29) is 5.78 Å². The molecular formula is C10H12O3. The van der Waals surface area contributed by atoms with Gasteiger partial charge in [0.2, 0.25) is 0 Å². The van der Waals surface area contributed by atoms with Gasteiger partial charge in [-0.2, -0.15) is 0 Å². The van der Waals surface area contributed by atoms with Crippen molar-refractivity contribution in [2.24, 2.45) is 0 Å². The maximum atomic E-state index is 10.8. The van der Waals surface area contributed by atoms with Gasteiger partial charge in [0.1, 0.15) is 11.9 Å². The minimum absolute atomic E-state index is 0.0428. The molecule has 13 heavy (non-hydrogen) atoms. The van der Waals surface area contributed by atoms with Gasteiger partial charge in [0.25, 0.3) is 0 Å². The van der Waals surface area contributed by atoms with Crippen molar-refractivity contribution in [3.05, 3.63) is 24.3 Å². The lowest BCUT2D eigenvalue weighted by Gasteiger charge is -2.26. The number of ether oxygens (including phenoxy) is 1. The summed E-state index contributed by atoms with van der Waals surface area (Å²) in [6.45, 7) is 0. The van der Waals surface area contributed by atoms with E-state index in [2.05, 4.69) is 0 Å². The van der Waals surface area contributed by atoms with Gasteiger partial charge in [0, 0.05) is 13.5 Å². The molecule has 0 N–H and O–H groups in total. The highest BCUT2D eigenvalue weighted by Gasteiger charge is 2.25. The zero-order valence-corrected chi connectivity index (χ0v) is 7.53. The Morgan fingerprint density at radius 2 is 2.08 bits per heavy atom. The summed E-state index contributed by atoms with van der Waals surface area (Å²) in [5.41, 5.74) is -0.561. The van der Waals surface area contributed by atoms with Crippen LogP contribution in [0.4, 0.5) is 0 Å². The Labute approximate surface area is 77.1 Å². The molecule has 3 nitrogen and oxygen atoms in total. The maximum Gasteiger partial charge on any atom is 0.178 e. The van der Waals surface area contributed by atoms with Crippen LogP contribution in [-0.4, -0.2) is 24.8 Å². The lowest BCUT2D eigenvalue weighted by Crippen LogP contribution is -2.28.